The maximum atomic E-state index is 13.4. The Bertz CT molecular complexity index is 1280. The molecule has 0 spiro atoms. The number of H-pyrrole nitrogens is 1. The number of likely N-dealkylation sites (N-methyl/N-ethyl adjacent to an activating group) is 1. The number of carbonyl (C=O) groups excluding carboxylic acids is 1. The topological polar surface area (TPSA) is 89.5 Å². The number of aromatic amines is 1. The van der Waals surface area contributed by atoms with Crippen molar-refractivity contribution < 1.29 is 27.4 Å². The Morgan fingerprint density at radius 3 is 2.68 bits per heavy atom. The molecule has 0 aliphatic carbocycles. The fourth-order valence-electron chi connectivity index (χ4n) is 4.16. The van der Waals surface area contributed by atoms with Crippen molar-refractivity contribution >= 4 is 16.9 Å². The van der Waals surface area contributed by atoms with Crippen molar-refractivity contribution in [2.45, 2.75) is 38.9 Å². The van der Waals surface area contributed by atoms with E-state index in [1.807, 2.05) is 0 Å². The molecule has 3 aromatic rings. The lowest BCUT2D eigenvalue weighted by atomic mass is 10.00. The number of rotatable bonds is 6. The highest BCUT2D eigenvalue weighted by molar-refractivity contribution is 5.81. The predicted molar refractivity (Wildman–Crippen MR) is 119 cm³/mol. The van der Waals surface area contributed by atoms with Crippen molar-refractivity contribution in [3.63, 3.8) is 0 Å². The molecule has 182 valence electrons. The van der Waals surface area contributed by atoms with E-state index in [9.17, 15) is 22.8 Å². The Morgan fingerprint density at radius 1 is 1.24 bits per heavy atom. The van der Waals surface area contributed by atoms with Gasteiger partial charge in [0.25, 0.3) is 5.56 Å². The maximum Gasteiger partial charge on any atom is 0.416 e. The number of piperidine rings is 1. The first kappa shape index (κ1) is 23.8. The van der Waals surface area contributed by atoms with Gasteiger partial charge < -0.3 is 14.4 Å². The zero-order valence-corrected chi connectivity index (χ0v) is 19.0. The van der Waals surface area contributed by atoms with E-state index in [2.05, 4.69) is 10.1 Å². The fourth-order valence-corrected chi connectivity index (χ4v) is 4.16. The van der Waals surface area contributed by atoms with Gasteiger partial charge in [-0.05, 0) is 50.1 Å². The molecule has 1 fully saturated rings. The number of pyridine rings is 1. The van der Waals surface area contributed by atoms with Gasteiger partial charge in [-0.3, -0.25) is 14.7 Å². The van der Waals surface area contributed by atoms with Crippen LogP contribution in [0, 0.1) is 6.92 Å². The monoisotopic (exact) mass is 478 g/mol. The zero-order chi connectivity index (χ0) is 24.6. The number of amides is 1. The van der Waals surface area contributed by atoms with E-state index in [4.69, 9.17) is 9.47 Å². The van der Waals surface area contributed by atoms with Crippen molar-refractivity contribution in [3.05, 3.63) is 45.7 Å². The summed E-state index contributed by atoms with van der Waals surface area (Å²) in [5.41, 5.74) is 0.260. The minimum Gasteiger partial charge on any atom is -0.467 e. The number of halogens is 3. The van der Waals surface area contributed by atoms with Crippen LogP contribution in [-0.2, 0) is 15.7 Å². The molecular weight excluding hydrogens is 453 g/mol. The zero-order valence-electron chi connectivity index (χ0n) is 19.0. The maximum absolute atomic E-state index is 13.4. The number of ether oxygens (including phenoxy) is 2. The molecule has 1 aromatic carbocycles. The van der Waals surface area contributed by atoms with Crippen LogP contribution < -0.4 is 10.3 Å². The number of nitrogens with zero attached hydrogens (tertiary/aromatic N) is 3. The highest BCUT2D eigenvalue weighted by Crippen LogP contribution is 2.39. The second kappa shape index (κ2) is 9.13. The van der Waals surface area contributed by atoms with Gasteiger partial charge in [0.05, 0.1) is 22.7 Å². The standard InChI is InChI=1S/C23H25F3N4O4/c1-4-33-12-34-18-10-14(23(24,25)26)9-13(2)20(18)17-7-6-16-21(27-17)28-30(22(16)32)15-5-8-19(31)29(3)11-15/h6-7,9-10,15H,4-5,8,11-12H2,1-3H3,(H,27,28). The summed E-state index contributed by atoms with van der Waals surface area (Å²) >= 11 is 0. The Hall–Kier alpha value is -3.34. The second-order valence-corrected chi connectivity index (χ2v) is 8.27. The van der Waals surface area contributed by atoms with Gasteiger partial charge in [-0.25, -0.2) is 9.67 Å². The molecule has 1 amide bonds. The summed E-state index contributed by atoms with van der Waals surface area (Å²) in [6.45, 7) is 3.82. The molecule has 1 aliphatic heterocycles. The highest BCUT2D eigenvalue weighted by atomic mass is 19.4. The average molecular weight is 478 g/mol. The summed E-state index contributed by atoms with van der Waals surface area (Å²) in [6, 6.07) is 4.93. The largest absolute Gasteiger partial charge is 0.467 e. The van der Waals surface area contributed by atoms with E-state index in [0.29, 0.717) is 53.8 Å². The van der Waals surface area contributed by atoms with Crippen molar-refractivity contribution in [2.24, 2.45) is 0 Å². The summed E-state index contributed by atoms with van der Waals surface area (Å²) in [5.74, 6) is 0.0139. The van der Waals surface area contributed by atoms with Crippen molar-refractivity contribution in [1.29, 1.82) is 0 Å². The van der Waals surface area contributed by atoms with Gasteiger partial charge in [-0.2, -0.15) is 13.2 Å². The van der Waals surface area contributed by atoms with E-state index in [-0.39, 0.29) is 30.1 Å². The molecule has 4 rings (SSSR count). The number of benzene rings is 1. The number of aromatic nitrogens is 3. The van der Waals surface area contributed by atoms with Crippen LogP contribution in [0.25, 0.3) is 22.3 Å². The molecule has 11 heteroatoms. The number of hydrogen-bond acceptors (Lipinski definition) is 5. The number of carbonyl (C=O) groups is 1. The first-order chi connectivity index (χ1) is 16.1. The molecule has 0 saturated carbocycles. The lowest BCUT2D eigenvalue weighted by Gasteiger charge is -2.29. The summed E-state index contributed by atoms with van der Waals surface area (Å²) in [5, 5.41) is 3.37. The first-order valence-electron chi connectivity index (χ1n) is 10.9. The minimum absolute atomic E-state index is 0.0122. The molecule has 0 bridgehead atoms. The molecule has 34 heavy (non-hydrogen) atoms. The number of likely N-dealkylation sites (tertiary alicyclic amines) is 1. The van der Waals surface area contributed by atoms with Gasteiger partial charge in [-0.15, -0.1) is 0 Å². The summed E-state index contributed by atoms with van der Waals surface area (Å²) in [4.78, 5) is 30.9. The average Bonchev–Trinajstić information content (AvgIpc) is 3.10. The van der Waals surface area contributed by atoms with Crippen molar-refractivity contribution in [2.75, 3.05) is 27.0 Å². The summed E-state index contributed by atoms with van der Waals surface area (Å²) < 4.78 is 52.3. The van der Waals surface area contributed by atoms with E-state index >= 15 is 0 Å². The first-order valence-corrected chi connectivity index (χ1v) is 10.9. The number of hydrogen-bond donors (Lipinski definition) is 1. The minimum atomic E-state index is -4.54. The van der Waals surface area contributed by atoms with Gasteiger partial charge in [0, 0.05) is 32.2 Å². The van der Waals surface area contributed by atoms with E-state index in [1.165, 1.54) is 4.68 Å². The molecule has 8 nitrogen and oxygen atoms in total. The smallest absolute Gasteiger partial charge is 0.416 e. The van der Waals surface area contributed by atoms with Crippen LogP contribution in [0.2, 0.25) is 0 Å². The Labute approximate surface area is 193 Å². The highest BCUT2D eigenvalue weighted by Gasteiger charge is 2.33. The lowest BCUT2D eigenvalue weighted by molar-refractivity contribution is -0.137. The molecule has 1 atom stereocenters. The van der Waals surface area contributed by atoms with Crippen molar-refractivity contribution in [1.82, 2.24) is 19.7 Å². The SMILES string of the molecule is CCOCOc1cc(C(F)(F)F)cc(C)c1-c1ccc2c(=O)n(C3CCC(=O)N(C)C3)[nH]c2n1. The lowest BCUT2D eigenvalue weighted by Crippen LogP contribution is -2.40. The molecule has 0 radical (unpaired) electrons. The van der Waals surface area contributed by atoms with Gasteiger partial charge in [0.1, 0.15) is 5.75 Å². The van der Waals surface area contributed by atoms with Crippen LogP contribution in [0.4, 0.5) is 13.2 Å². The Balaban J connectivity index is 1.77. The number of fused-ring (bicyclic) bond motifs is 1. The second-order valence-electron chi connectivity index (χ2n) is 8.27. The van der Waals surface area contributed by atoms with E-state index < -0.39 is 11.7 Å². The third-order valence-corrected chi connectivity index (χ3v) is 5.92. The Morgan fingerprint density at radius 2 is 2.00 bits per heavy atom. The summed E-state index contributed by atoms with van der Waals surface area (Å²) in [7, 11) is 1.69. The number of alkyl halides is 3. The van der Waals surface area contributed by atoms with Crippen molar-refractivity contribution in [3.8, 4) is 17.0 Å². The van der Waals surface area contributed by atoms with Crippen LogP contribution in [0.5, 0.6) is 5.75 Å². The van der Waals surface area contributed by atoms with E-state index in [1.54, 1.807) is 37.9 Å². The van der Waals surface area contributed by atoms with Gasteiger partial charge in [0.15, 0.2) is 12.4 Å². The van der Waals surface area contributed by atoms with Crippen LogP contribution in [0.15, 0.2) is 29.1 Å². The third-order valence-electron chi connectivity index (χ3n) is 5.92. The van der Waals surface area contributed by atoms with Gasteiger partial charge >= 0.3 is 6.18 Å². The van der Waals surface area contributed by atoms with Crippen LogP contribution >= 0.6 is 0 Å². The van der Waals surface area contributed by atoms with E-state index in [0.717, 1.165) is 12.1 Å². The number of nitrogens with one attached hydrogen (secondary N) is 1. The fraction of sp³-hybridized carbons (Fsp3) is 0.435. The van der Waals surface area contributed by atoms with Crippen LogP contribution in [0.1, 0.15) is 36.9 Å². The van der Waals surface area contributed by atoms with Gasteiger partial charge in [0.2, 0.25) is 5.91 Å². The third kappa shape index (κ3) is 4.52. The molecule has 2 aromatic heterocycles. The molecule has 1 saturated heterocycles. The molecule has 3 heterocycles. The quantitative estimate of drug-likeness (QED) is 0.429. The number of aryl methyl sites for hydroxylation is 1. The summed E-state index contributed by atoms with van der Waals surface area (Å²) in [6.07, 6.45) is -3.68. The molecule has 1 N–H and O–H groups in total. The van der Waals surface area contributed by atoms with Crippen LogP contribution in [0.3, 0.4) is 0 Å². The molecular formula is C23H25F3N4O4. The molecule has 1 aliphatic rings. The predicted octanol–water partition coefficient (Wildman–Crippen LogP) is 3.88. The Kier molecular flexibility index (Phi) is 6.39. The molecule has 1 unspecified atom stereocenters. The van der Waals surface area contributed by atoms with Gasteiger partial charge in [-0.1, -0.05) is 0 Å². The normalized spacial score (nSPS) is 16.9. The van der Waals surface area contributed by atoms with Crippen LogP contribution in [-0.4, -0.2) is 52.6 Å².